The van der Waals surface area contributed by atoms with E-state index < -0.39 is 65.8 Å². The summed E-state index contributed by atoms with van der Waals surface area (Å²) in [4.78, 5) is 59.6. The molecule has 7 atom stereocenters. The van der Waals surface area contributed by atoms with Gasteiger partial charge in [0.05, 0.1) is 25.1 Å². The molecule has 10 nitrogen and oxygen atoms in total. The fraction of sp³-hybridized carbons (Fsp3) is 0.600. The van der Waals surface area contributed by atoms with Gasteiger partial charge in [-0.05, 0) is 50.7 Å². The lowest BCUT2D eigenvalue weighted by Crippen LogP contribution is -2.61. The molecule has 0 saturated carbocycles. The van der Waals surface area contributed by atoms with Crippen LogP contribution >= 0.6 is 15.9 Å². The summed E-state index contributed by atoms with van der Waals surface area (Å²) in [5.41, 5.74) is -1.62. The highest BCUT2D eigenvalue weighted by molar-refractivity contribution is 9.11. The first-order valence-corrected chi connectivity index (χ1v) is 16.9. The van der Waals surface area contributed by atoms with Crippen LogP contribution in [0.2, 0.25) is 0 Å². The number of allylic oxidation sites excluding steroid dienone is 1. The smallest absolute Gasteiger partial charge is 0.313 e. The molecule has 2 N–H and O–H groups in total. The number of likely N-dealkylation sites (tertiary alicyclic amines) is 1. The number of benzene rings is 1. The Bertz CT molecular complexity index is 1420. The number of amides is 3. The third-order valence-corrected chi connectivity index (χ3v) is 10.1. The molecule has 5 rings (SSSR count). The predicted molar refractivity (Wildman–Crippen MR) is 175 cm³/mol. The number of fused-ring (bicyclic) bond motifs is 2. The fourth-order valence-electron chi connectivity index (χ4n) is 7.92. The topological polar surface area (TPSA) is 125 Å². The van der Waals surface area contributed by atoms with Gasteiger partial charge in [-0.3, -0.25) is 19.2 Å². The lowest BCUT2D eigenvalue weighted by atomic mass is 9.74. The van der Waals surface area contributed by atoms with Crippen LogP contribution < -0.4 is 5.32 Å². The zero-order valence-corrected chi connectivity index (χ0v) is 29.1. The number of aliphatic hydroxyl groups excluding tert-OH is 1. The van der Waals surface area contributed by atoms with E-state index in [-0.39, 0.29) is 36.7 Å². The summed E-state index contributed by atoms with van der Waals surface area (Å²) in [7, 11) is 0. The Morgan fingerprint density at radius 2 is 1.76 bits per heavy atom. The highest BCUT2D eigenvalue weighted by Gasteiger charge is 2.76. The molecular weight excluding hydrogens is 654 g/mol. The monoisotopic (exact) mass is 699 g/mol. The number of hydrogen-bond donors (Lipinski definition) is 2. The van der Waals surface area contributed by atoms with Crippen molar-refractivity contribution in [3.05, 3.63) is 58.6 Å². The third kappa shape index (κ3) is 6.30. The maximum Gasteiger partial charge on any atom is 0.313 e. The second kappa shape index (κ2) is 12.9. The summed E-state index contributed by atoms with van der Waals surface area (Å²) < 4.78 is 13.0. The second-order valence-corrected chi connectivity index (χ2v) is 15.7. The van der Waals surface area contributed by atoms with Crippen molar-refractivity contribution in [2.45, 2.75) is 96.2 Å². The Balaban J connectivity index is 1.69. The number of aliphatic hydroxyl groups is 1. The van der Waals surface area contributed by atoms with Crippen LogP contribution in [0.4, 0.5) is 0 Å². The summed E-state index contributed by atoms with van der Waals surface area (Å²) in [5.74, 6) is -3.70. The summed E-state index contributed by atoms with van der Waals surface area (Å²) >= 11 is 3.59. The predicted octanol–water partition coefficient (Wildman–Crippen LogP) is 4.03. The molecular formula is C35H46BrN3O7. The van der Waals surface area contributed by atoms with Gasteiger partial charge >= 0.3 is 5.97 Å². The lowest BCUT2D eigenvalue weighted by molar-refractivity contribution is -0.160. The molecule has 4 heterocycles. The first kappa shape index (κ1) is 34.3. The van der Waals surface area contributed by atoms with Crippen LogP contribution in [0.3, 0.4) is 0 Å². The summed E-state index contributed by atoms with van der Waals surface area (Å²) in [6.45, 7) is 12.0. The first-order chi connectivity index (χ1) is 21.6. The van der Waals surface area contributed by atoms with Crippen molar-refractivity contribution >= 4 is 39.6 Å². The van der Waals surface area contributed by atoms with Gasteiger partial charge in [-0.2, -0.15) is 0 Å². The molecule has 0 radical (unpaired) electrons. The van der Waals surface area contributed by atoms with Crippen LogP contribution in [0.25, 0.3) is 0 Å². The van der Waals surface area contributed by atoms with Crippen molar-refractivity contribution in [2.24, 2.45) is 17.3 Å². The van der Waals surface area contributed by atoms with Crippen LogP contribution in [-0.2, 0) is 28.7 Å². The fourth-order valence-corrected chi connectivity index (χ4v) is 8.66. The van der Waals surface area contributed by atoms with E-state index in [1.165, 1.54) is 4.90 Å². The number of cyclic esters (lactones) is 1. The number of halogens is 1. The van der Waals surface area contributed by atoms with Gasteiger partial charge in [0.1, 0.15) is 29.8 Å². The van der Waals surface area contributed by atoms with Crippen LogP contribution in [-0.4, -0.2) is 87.7 Å². The number of rotatable bonds is 5. The van der Waals surface area contributed by atoms with Gasteiger partial charge in [-0.1, -0.05) is 79.2 Å². The molecule has 1 spiro atoms. The average molecular weight is 701 g/mol. The van der Waals surface area contributed by atoms with E-state index in [9.17, 15) is 19.5 Å². The molecule has 0 aromatic heterocycles. The Morgan fingerprint density at radius 3 is 2.41 bits per heavy atom. The molecule has 1 aromatic rings. The molecule has 2 fully saturated rings. The normalized spacial score (nSPS) is 32.2. The summed E-state index contributed by atoms with van der Waals surface area (Å²) in [6, 6.07) is 7.07. The van der Waals surface area contributed by atoms with Gasteiger partial charge in [0.15, 0.2) is 0 Å². The largest absolute Gasteiger partial charge is 0.460 e. The highest BCUT2D eigenvalue weighted by Crippen LogP contribution is 2.60. The first-order valence-electron chi connectivity index (χ1n) is 16.1. The van der Waals surface area contributed by atoms with Gasteiger partial charge in [0, 0.05) is 23.0 Å². The molecule has 5 bridgehead atoms. The van der Waals surface area contributed by atoms with Crippen molar-refractivity contribution in [3.8, 4) is 0 Å². The number of carbonyl (C=O) groups excluding carboxylic acids is 4. The van der Waals surface area contributed by atoms with Crippen molar-refractivity contribution < 1.29 is 33.8 Å². The standard InChI is InChI=1S/C35H46BrN3O7/c1-21-18-37-25(41)15-11-8-12-16-38(34(5,6)20-33(2,3)4)31(43)29-35-17-23(36)28(46-35)26(32(44)45-21)27(35)30(42)39(29)24(19-40)22-13-9-7-10-14-22/h7-10,12-14,17,21,24,26-29,40H,11,15-16,18-20H2,1-6H3,(H,37,41)/b12-8-/t21-,24-,26+,27-,28+,29+,35-/m1/s1. The molecule has 46 heavy (non-hydrogen) atoms. The SMILES string of the molecule is C[C@@H]1CNC(=O)CC/C=C\CN(C(C)(C)CC(C)(C)C)C(=O)[C@@H]2N([C@H](CO)c3ccccc3)C(=O)[C@H]3[C@H](C(=O)O1)[C@H]1O[C@@]23C=C1Br. The number of nitrogens with one attached hydrogen (secondary N) is 1. The zero-order valence-electron chi connectivity index (χ0n) is 27.5. The Hall–Kier alpha value is -3.02. The summed E-state index contributed by atoms with van der Waals surface area (Å²) in [6.07, 6.45) is 5.43. The number of esters is 1. The molecule has 1 aromatic carbocycles. The molecule has 0 unspecified atom stereocenters. The van der Waals surface area contributed by atoms with E-state index in [1.807, 2.05) is 56.3 Å². The minimum absolute atomic E-state index is 0.121. The summed E-state index contributed by atoms with van der Waals surface area (Å²) in [5, 5.41) is 13.6. The van der Waals surface area contributed by atoms with E-state index >= 15 is 4.79 Å². The Labute approximate surface area is 279 Å². The maximum absolute atomic E-state index is 15.3. The van der Waals surface area contributed by atoms with Crippen molar-refractivity contribution in [1.82, 2.24) is 15.1 Å². The third-order valence-electron chi connectivity index (χ3n) is 9.42. The van der Waals surface area contributed by atoms with Crippen molar-refractivity contribution in [2.75, 3.05) is 19.7 Å². The minimum Gasteiger partial charge on any atom is -0.460 e. The molecule has 11 heteroatoms. The second-order valence-electron chi connectivity index (χ2n) is 14.7. The quantitative estimate of drug-likeness (QED) is 0.351. The van der Waals surface area contributed by atoms with Gasteiger partial charge in [-0.15, -0.1) is 0 Å². The van der Waals surface area contributed by atoms with Gasteiger partial charge in [0.2, 0.25) is 17.7 Å². The van der Waals surface area contributed by atoms with E-state index in [2.05, 4.69) is 42.0 Å². The van der Waals surface area contributed by atoms with Crippen LogP contribution in [0, 0.1) is 17.3 Å². The van der Waals surface area contributed by atoms with E-state index in [0.717, 1.165) is 0 Å². The van der Waals surface area contributed by atoms with Gasteiger partial charge in [-0.25, -0.2) is 0 Å². The number of ether oxygens (including phenoxy) is 2. The Kier molecular flexibility index (Phi) is 9.61. The number of carbonyl (C=O) groups is 4. The molecule has 4 aliphatic heterocycles. The highest BCUT2D eigenvalue weighted by atomic mass is 79.9. The minimum atomic E-state index is -1.48. The van der Waals surface area contributed by atoms with Crippen LogP contribution in [0.5, 0.6) is 0 Å². The number of hydrogen-bond acceptors (Lipinski definition) is 7. The Morgan fingerprint density at radius 1 is 1.07 bits per heavy atom. The molecule has 0 aliphatic carbocycles. The van der Waals surface area contributed by atoms with Gasteiger partial charge < -0.3 is 29.7 Å². The molecule has 4 aliphatic rings. The maximum atomic E-state index is 15.3. The van der Waals surface area contributed by atoms with E-state index in [0.29, 0.717) is 22.9 Å². The number of nitrogens with zero attached hydrogens (tertiary/aromatic N) is 2. The van der Waals surface area contributed by atoms with E-state index in [1.54, 1.807) is 17.9 Å². The zero-order chi connectivity index (χ0) is 33.6. The molecule has 250 valence electrons. The van der Waals surface area contributed by atoms with Crippen molar-refractivity contribution in [3.63, 3.8) is 0 Å². The van der Waals surface area contributed by atoms with Crippen molar-refractivity contribution in [1.29, 1.82) is 0 Å². The average Bonchev–Trinajstić information content (AvgIpc) is 3.56. The van der Waals surface area contributed by atoms with Crippen LogP contribution in [0.15, 0.2) is 53.0 Å². The molecule has 2 saturated heterocycles. The van der Waals surface area contributed by atoms with E-state index in [4.69, 9.17) is 9.47 Å². The molecule has 3 amide bonds. The lowest BCUT2D eigenvalue weighted by Gasteiger charge is -2.46. The van der Waals surface area contributed by atoms with Gasteiger partial charge in [0.25, 0.3) is 0 Å². The van der Waals surface area contributed by atoms with Crippen LogP contribution in [0.1, 0.15) is 72.4 Å².